The first kappa shape index (κ1) is 15.1. The molecule has 2 aromatic carbocycles. The maximum Gasteiger partial charge on any atom is 0.418 e. The summed E-state index contributed by atoms with van der Waals surface area (Å²) in [5.41, 5.74) is 0.302. The van der Waals surface area contributed by atoms with Gasteiger partial charge in [-0.2, -0.15) is 18.3 Å². The summed E-state index contributed by atoms with van der Waals surface area (Å²) in [6, 6.07) is 12.6. The van der Waals surface area contributed by atoms with E-state index in [1.54, 1.807) is 12.1 Å². The minimum atomic E-state index is -4.44. The number of para-hydroxylation sites is 1. The minimum Gasteiger partial charge on any atom is -0.454 e. The van der Waals surface area contributed by atoms with Crippen LogP contribution in [0.1, 0.15) is 11.1 Å². The summed E-state index contributed by atoms with van der Waals surface area (Å²) >= 11 is 0. The van der Waals surface area contributed by atoms with Crippen molar-refractivity contribution in [1.29, 1.82) is 0 Å². The number of aromatic nitrogens is 2. The van der Waals surface area contributed by atoms with Crippen LogP contribution in [-0.2, 0) is 6.18 Å². The third kappa shape index (κ3) is 3.36. The van der Waals surface area contributed by atoms with Crippen molar-refractivity contribution in [2.24, 2.45) is 0 Å². The fraction of sp³-hybridized carbons (Fsp3) is 0.118. The summed E-state index contributed by atoms with van der Waals surface area (Å²) in [7, 11) is 0. The van der Waals surface area contributed by atoms with Crippen molar-refractivity contribution >= 4 is 0 Å². The Morgan fingerprint density at radius 3 is 2.35 bits per heavy atom. The Balaban J connectivity index is 1.89. The zero-order chi connectivity index (χ0) is 16.4. The highest BCUT2D eigenvalue weighted by Crippen LogP contribution is 2.34. The lowest BCUT2D eigenvalue weighted by atomic mass is 10.2. The van der Waals surface area contributed by atoms with Crippen molar-refractivity contribution in [3.8, 4) is 17.2 Å². The van der Waals surface area contributed by atoms with Crippen LogP contribution >= 0.6 is 0 Å². The lowest BCUT2D eigenvalue weighted by Crippen LogP contribution is -2.10. The first-order chi connectivity index (χ1) is 10.9. The standard InChI is InChI=1S/C17H13F3N2O/c1-12-6-8-13(9-7-12)23-14-10-21-22(11-14)16-5-3-2-4-15(16)17(18,19)20/h2-11H,1H3. The van der Waals surface area contributed by atoms with Crippen molar-refractivity contribution < 1.29 is 17.9 Å². The number of alkyl halides is 3. The van der Waals surface area contributed by atoms with Gasteiger partial charge in [-0.25, -0.2) is 4.68 Å². The molecule has 0 aliphatic heterocycles. The van der Waals surface area contributed by atoms with E-state index in [2.05, 4.69) is 5.10 Å². The monoisotopic (exact) mass is 318 g/mol. The van der Waals surface area contributed by atoms with Gasteiger partial charge in [0.1, 0.15) is 5.75 Å². The van der Waals surface area contributed by atoms with Gasteiger partial charge < -0.3 is 4.74 Å². The van der Waals surface area contributed by atoms with E-state index in [-0.39, 0.29) is 5.69 Å². The predicted octanol–water partition coefficient (Wildman–Crippen LogP) is 4.99. The highest BCUT2D eigenvalue weighted by atomic mass is 19.4. The summed E-state index contributed by atoms with van der Waals surface area (Å²) in [4.78, 5) is 0. The Morgan fingerprint density at radius 1 is 0.957 bits per heavy atom. The molecule has 0 saturated carbocycles. The summed E-state index contributed by atoms with van der Waals surface area (Å²) < 4.78 is 45.9. The lowest BCUT2D eigenvalue weighted by Gasteiger charge is -2.12. The summed E-state index contributed by atoms with van der Waals surface area (Å²) in [6.07, 6.45) is -1.64. The molecule has 0 atom stereocenters. The van der Waals surface area contributed by atoms with Gasteiger partial charge in [0.25, 0.3) is 0 Å². The zero-order valence-electron chi connectivity index (χ0n) is 12.2. The van der Waals surface area contributed by atoms with Crippen LogP contribution in [0.3, 0.4) is 0 Å². The van der Waals surface area contributed by atoms with Crippen LogP contribution in [-0.4, -0.2) is 9.78 Å². The second kappa shape index (κ2) is 5.79. The van der Waals surface area contributed by atoms with Crippen LogP contribution in [0.5, 0.6) is 11.5 Å². The molecule has 0 N–H and O–H groups in total. The Kier molecular flexibility index (Phi) is 3.82. The van der Waals surface area contributed by atoms with Gasteiger partial charge in [-0.1, -0.05) is 29.8 Å². The molecule has 118 valence electrons. The van der Waals surface area contributed by atoms with Crippen molar-refractivity contribution in [1.82, 2.24) is 9.78 Å². The first-order valence-electron chi connectivity index (χ1n) is 6.89. The van der Waals surface area contributed by atoms with E-state index in [0.29, 0.717) is 11.5 Å². The number of halogens is 3. The highest BCUT2D eigenvalue weighted by molar-refractivity contribution is 5.43. The molecule has 23 heavy (non-hydrogen) atoms. The number of hydrogen-bond donors (Lipinski definition) is 0. The average Bonchev–Trinajstić information content (AvgIpc) is 2.97. The molecule has 0 aliphatic rings. The molecule has 6 heteroatoms. The normalized spacial score (nSPS) is 11.5. The summed E-state index contributed by atoms with van der Waals surface area (Å²) in [5.74, 6) is 0.963. The molecule has 0 saturated heterocycles. The van der Waals surface area contributed by atoms with E-state index in [1.807, 2.05) is 19.1 Å². The van der Waals surface area contributed by atoms with E-state index in [9.17, 15) is 13.2 Å². The topological polar surface area (TPSA) is 27.1 Å². The third-order valence-corrected chi connectivity index (χ3v) is 3.27. The molecule has 0 unspecified atom stereocenters. The molecule has 0 bridgehead atoms. The van der Waals surface area contributed by atoms with E-state index in [4.69, 9.17) is 4.74 Å². The highest BCUT2D eigenvalue weighted by Gasteiger charge is 2.33. The Hall–Kier alpha value is -2.76. The van der Waals surface area contributed by atoms with E-state index in [1.165, 1.54) is 30.6 Å². The van der Waals surface area contributed by atoms with Crippen LogP contribution in [0.2, 0.25) is 0 Å². The van der Waals surface area contributed by atoms with E-state index < -0.39 is 11.7 Å². The van der Waals surface area contributed by atoms with Crippen molar-refractivity contribution in [3.63, 3.8) is 0 Å². The van der Waals surface area contributed by atoms with E-state index in [0.717, 1.165) is 16.3 Å². The number of benzene rings is 2. The molecule has 3 aromatic rings. The first-order valence-corrected chi connectivity index (χ1v) is 6.89. The molecule has 0 fully saturated rings. The number of hydrogen-bond acceptors (Lipinski definition) is 2. The predicted molar refractivity (Wildman–Crippen MR) is 79.8 cm³/mol. The van der Waals surface area contributed by atoms with Gasteiger partial charge in [0.2, 0.25) is 0 Å². The number of rotatable bonds is 3. The quantitative estimate of drug-likeness (QED) is 0.680. The minimum absolute atomic E-state index is 0.0428. The van der Waals surface area contributed by atoms with Crippen LogP contribution < -0.4 is 4.74 Å². The van der Waals surface area contributed by atoms with Crippen molar-refractivity contribution in [2.75, 3.05) is 0 Å². The van der Waals surface area contributed by atoms with Gasteiger partial charge in [0.15, 0.2) is 5.75 Å². The number of ether oxygens (including phenoxy) is 1. The smallest absolute Gasteiger partial charge is 0.418 e. The lowest BCUT2D eigenvalue weighted by molar-refractivity contribution is -0.137. The van der Waals surface area contributed by atoms with Crippen molar-refractivity contribution in [3.05, 3.63) is 72.1 Å². The Morgan fingerprint density at radius 2 is 1.65 bits per heavy atom. The van der Waals surface area contributed by atoms with Gasteiger partial charge in [-0.05, 0) is 31.2 Å². The van der Waals surface area contributed by atoms with E-state index >= 15 is 0 Å². The van der Waals surface area contributed by atoms with Gasteiger partial charge in [0, 0.05) is 0 Å². The largest absolute Gasteiger partial charge is 0.454 e. The molecule has 0 radical (unpaired) electrons. The van der Waals surface area contributed by atoms with Gasteiger partial charge >= 0.3 is 6.18 Å². The molecule has 3 rings (SSSR count). The summed E-state index contributed by atoms with van der Waals surface area (Å²) in [5, 5.41) is 3.97. The van der Waals surface area contributed by atoms with Crippen LogP contribution in [0.15, 0.2) is 60.9 Å². The Bertz CT molecular complexity index is 807. The van der Waals surface area contributed by atoms with Gasteiger partial charge in [-0.3, -0.25) is 0 Å². The maximum atomic E-state index is 13.1. The fourth-order valence-electron chi connectivity index (χ4n) is 2.15. The fourth-order valence-corrected chi connectivity index (χ4v) is 2.15. The molecule has 1 aromatic heterocycles. The van der Waals surface area contributed by atoms with Gasteiger partial charge in [0.05, 0.1) is 23.6 Å². The Labute approximate surface area is 130 Å². The molecular formula is C17H13F3N2O. The molecular weight excluding hydrogens is 305 g/mol. The second-order valence-corrected chi connectivity index (χ2v) is 5.05. The molecule has 3 nitrogen and oxygen atoms in total. The summed E-state index contributed by atoms with van der Waals surface area (Å²) in [6.45, 7) is 1.95. The van der Waals surface area contributed by atoms with Crippen molar-refractivity contribution in [2.45, 2.75) is 13.1 Å². The van der Waals surface area contributed by atoms with Gasteiger partial charge in [-0.15, -0.1) is 0 Å². The number of nitrogens with zero attached hydrogens (tertiary/aromatic N) is 2. The molecule has 1 heterocycles. The maximum absolute atomic E-state index is 13.1. The second-order valence-electron chi connectivity index (χ2n) is 5.05. The molecule has 0 spiro atoms. The zero-order valence-corrected chi connectivity index (χ0v) is 12.2. The molecule has 0 aliphatic carbocycles. The van der Waals surface area contributed by atoms with Crippen LogP contribution in [0, 0.1) is 6.92 Å². The molecule has 0 amide bonds. The average molecular weight is 318 g/mol. The van der Waals surface area contributed by atoms with Crippen LogP contribution in [0.4, 0.5) is 13.2 Å². The number of aryl methyl sites for hydroxylation is 1. The SMILES string of the molecule is Cc1ccc(Oc2cnn(-c3ccccc3C(F)(F)F)c2)cc1. The third-order valence-electron chi connectivity index (χ3n) is 3.27. The van der Waals surface area contributed by atoms with Crippen LogP contribution in [0.25, 0.3) is 5.69 Å².